The highest BCUT2D eigenvalue weighted by Gasteiger charge is 2.42. The van der Waals surface area contributed by atoms with E-state index in [0.717, 1.165) is 16.7 Å². The lowest BCUT2D eigenvalue weighted by atomic mass is 9.72. The molecule has 0 aliphatic rings. The summed E-state index contributed by atoms with van der Waals surface area (Å²) in [6, 6.07) is 4.39. The van der Waals surface area contributed by atoms with Gasteiger partial charge in [-0.1, -0.05) is 65.8 Å². The van der Waals surface area contributed by atoms with Crippen LogP contribution in [0.15, 0.2) is 24.3 Å². The van der Waals surface area contributed by atoms with Crippen LogP contribution in [-0.4, -0.2) is 17.7 Å². The first-order chi connectivity index (χ1) is 12.5. The summed E-state index contributed by atoms with van der Waals surface area (Å²) in [5.41, 5.74) is 2.91. The molecule has 3 nitrogen and oxygen atoms in total. The van der Waals surface area contributed by atoms with Crippen LogP contribution >= 0.6 is 0 Å². The molecule has 3 heteroatoms. The molecule has 0 saturated heterocycles. The van der Waals surface area contributed by atoms with Crippen LogP contribution in [0.25, 0.3) is 0 Å². The Labute approximate surface area is 165 Å². The highest BCUT2D eigenvalue weighted by molar-refractivity contribution is 5.75. The van der Waals surface area contributed by atoms with Crippen molar-refractivity contribution in [3.63, 3.8) is 0 Å². The van der Waals surface area contributed by atoms with Crippen LogP contribution in [0.3, 0.4) is 0 Å². The van der Waals surface area contributed by atoms with E-state index in [1.165, 1.54) is 5.56 Å². The van der Waals surface area contributed by atoms with Crippen LogP contribution in [0.1, 0.15) is 102 Å². The Kier molecular flexibility index (Phi) is 8.28. The fraction of sp³-hybridized carbons (Fsp3) is 0.625. The van der Waals surface area contributed by atoms with Crippen LogP contribution in [0.4, 0.5) is 0 Å². The molecule has 1 rings (SSSR count). The maximum atomic E-state index is 12.6. The molecule has 0 aliphatic heterocycles. The maximum absolute atomic E-state index is 12.6. The standard InChI is InChI=1S/C24H38O3/c1-10-12-24(26,18(9)23(25)27-11-2)22-20(16(5)6)13-19(15(3)4)14-21(22)17(7)8/h10,12-18,26H,11H2,1-9H3/b12-10+. The van der Waals surface area contributed by atoms with E-state index in [0.29, 0.717) is 12.5 Å². The second kappa shape index (κ2) is 9.54. The summed E-state index contributed by atoms with van der Waals surface area (Å²) in [5.74, 6) is -0.236. The van der Waals surface area contributed by atoms with E-state index in [1.54, 1.807) is 19.9 Å². The van der Waals surface area contributed by atoms with Crippen molar-refractivity contribution in [3.8, 4) is 0 Å². The number of benzene rings is 1. The molecule has 0 amide bonds. The van der Waals surface area contributed by atoms with Gasteiger partial charge in [0.25, 0.3) is 0 Å². The lowest BCUT2D eigenvalue weighted by Gasteiger charge is -2.36. The second-order valence-corrected chi connectivity index (χ2v) is 8.34. The molecular weight excluding hydrogens is 336 g/mol. The third kappa shape index (κ3) is 5.01. The quantitative estimate of drug-likeness (QED) is 0.447. The molecule has 0 radical (unpaired) electrons. The van der Waals surface area contributed by atoms with Crippen molar-refractivity contribution in [2.45, 2.75) is 85.7 Å². The summed E-state index contributed by atoms with van der Waals surface area (Å²) in [7, 11) is 0. The van der Waals surface area contributed by atoms with Gasteiger partial charge in [0.2, 0.25) is 0 Å². The number of ether oxygens (including phenoxy) is 1. The van der Waals surface area contributed by atoms with Gasteiger partial charge in [-0.15, -0.1) is 0 Å². The highest BCUT2D eigenvalue weighted by atomic mass is 16.5. The Hall–Kier alpha value is -1.61. The molecule has 27 heavy (non-hydrogen) atoms. The number of rotatable bonds is 8. The molecule has 0 aromatic heterocycles. The molecule has 152 valence electrons. The molecule has 2 unspecified atom stereocenters. The first-order valence-electron chi connectivity index (χ1n) is 10.2. The summed E-state index contributed by atoms with van der Waals surface area (Å²) in [5, 5.41) is 11.8. The van der Waals surface area contributed by atoms with Crippen molar-refractivity contribution in [2.24, 2.45) is 5.92 Å². The molecule has 1 aromatic rings. The van der Waals surface area contributed by atoms with Gasteiger partial charge in [0.05, 0.1) is 12.5 Å². The van der Waals surface area contributed by atoms with Gasteiger partial charge >= 0.3 is 5.97 Å². The molecule has 0 bridgehead atoms. The van der Waals surface area contributed by atoms with Crippen LogP contribution in [0.5, 0.6) is 0 Å². The summed E-state index contributed by atoms with van der Waals surface area (Å²) in [6.07, 6.45) is 3.57. The first kappa shape index (κ1) is 23.4. The smallest absolute Gasteiger partial charge is 0.312 e. The van der Waals surface area contributed by atoms with E-state index in [2.05, 4.69) is 53.7 Å². The lowest BCUT2D eigenvalue weighted by Crippen LogP contribution is -2.39. The van der Waals surface area contributed by atoms with Crippen LogP contribution in [0, 0.1) is 5.92 Å². The van der Waals surface area contributed by atoms with E-state index in [-0.39, 0.29) is 17.8 Å². The number of carbonyl (C=O) groups excluding carboxylic acids is 1. The molecule has 0 saturated carbocycles. The topological polar surface area (TPSA) is 46.5 Å². The minimum absolute atomic E-state index is 0.224. The number of esters is 1. The normalized spacial score (nSPS) is 15.6. The van der Waals surface area contributed by atoms with Gasteiger partial charge in [-0.05, 0) is 60.8 Å². The van der Waals surface area contributed by atoms with Crippen molar-refractivity contribution in [3.05, 3.63) is 46.5 Å². The molecular formula is C24H38O3. The average molecular weight is 375 g/mol. The SMILES string of the molecule is C/C=C/C(O)(c1c(C(C)C)cc(C(C)C)cc1C(C)C)C(C)C(=O)OCC. The molecule has 0 aliphatic carbocycles. The summed E-state index contributed by atoms with van der Waals surface area (Å²) in [4.78, 5) is 12.6. The third-order valence-corrected chi connectivity index (χ3v) is 5.25. The van der Waals surface area contributed by atoms with Crippen LogP contribution in [0.2, 0.25) is 0 Å². The number of carbonyl (C=O) groups is 1. The van der Waals surface area contributed by atoms with Crippen molar-refractivity contribution < 1.29 is 14.6 Å². The molecule has 2 atom stereocenters. The zero-order valence-corrected chi connectivity index (χ0v) is 18.6. The molecule has 0 heterocycles. The maximum Gasteiger partial charge on any atom is 0.312 e. The summed E-state index contributed by atoms with van der Waals surface area (Å²) in [6.45, 7) is 18.6. The van der Waals surface area contributed by atoms with Gasteiger partial charge in [-0.25, -0.2) is 0 Å². The molecule has 1 aromatic carbocycles. The highest BCUT2D eigenvalue weighted by Crippen LogP contribution is 2.43. The van der Waals surface area contributed by atoms with Crippen molar-refractivity contribution >= 4 is 5.97 Å². The fourth-order valence-corrected chi connectivity index (χ4v) is 3.56. The third-order valence-electron chi connectivity index (χ3n) is 5.25. The van der Waals surface area contributed by atoms with Gasteiger partial charge in [0.15, 0.2) is 0 Å². The van der Waals surface area contributed by atoms with Crippen LogP contribution in [-0.2, 0) is 15.1 Å². The van der Waals surface area contributed by atoms with Gasteiger partial charge in [-0.3, -0.25) is 4.79 Å². The Morgan fingerprint density at radius 3 is 1.85 bits per heavy atom. The van der Waals surface area contributed by atoms with Crippen molar-refractivity contribution in [1.82, 2.24) is 0 Å². The van der Waals surface area contributed by atoms with Gasteiger partial charge < -0.3 is 9.84 Å². The predicted molar refractivity (Wildman–Crippen MR) is 113 cm³/mol. The predicted octanol–water partition coefficient (Wildman–Crippen LogP) is 6.02. The van der Waals surface area contributed by atoms with Gasteiger partial charge in [-0.2, -0.15) is 0 Å². The number of aliphatic hydroxyl groups is 1. The molecule has 0 fully saturated rings. The number of allylic oxidation sites excluding steroid dienone is 1. The summed E-state index contributed by atoms with van der Waals surface area (Å²) >= 11 is 0. The van der Waals surface area contributed by atoms with Gasteiger partial charge in [0, 0.05) is 0 Å². The number of hydrogen-bond acceptors (Lipinski definition) is 3. The lowest BCUT2D eigenvalue weighted by molar-refractivity contribution is -0.155. The summed E-state index contributed by atoms with van der Waals surface area (Å²) < 4.78 is 5.25. The minimum Gasteiger partial charge on any atom is -0.466 e. The largest absolute Gasteiger partial charge is 0.466 e. The Morgan fingerprint density at radius 2 is 1.52 bits per heavy atom. The van der Waals surface area contributed by atoms with E-state index in [4.69, 9.17) is 4.74 Å². The Bertz CT molecular complexity index is 641. The van der Waals surface area contributed by atoms with Crippen molar-refractivity contribution in [2.75, 3.05) is 6.61 Å². The monoisotopic (exact) mass is 374 g/mol. The fourth-order valence-electron chi connectivity index (χ4n) is 3.56. The van der Waals surface area contributed by atoms with E-state index < -0.39 is 11.5 Å². The van der Waals surface area contributed by atoms with Gasteiger partial charge in [0.1, 0.15) is 5.60 Å². The zero-order chi connectivity index (χ0) is 20.9. The number of hydrogen-bond donors (Lipinski definition) is 1. The zero-order valence-electron chi connectivity index (χ0n) is 18.6. The molecule has 1 N–H and O–H groups in total. The first-order valence-corrected chi connectivity index (χ1v) is 10.2. The van der Waals surface area contributed by atoms with Crippen molar-refractivity contribution in [1.29, 1.82) is 0 Å². The average Bonchev–Trinajstić information content (AvgIpc) is 2.59. The molecule has 0 spiro atoms. The van der Waals surface area contributed by atoms with E-state index >= 15 is 0 Å². The van der Waals surface area contributed by atoms with Crippen LogP contribution < -0.4 is 0 Å². The van der Waals surface area contributed by atoms with E-state index in [1.807, 2.05) is 13.0 Å². The Balaban J connectivity index is 3.87. The minimum atomic E-state index is -1.41. The Morgan fingerprint density at radius 1 is 1.04 bits per heavy atom. The van der Waals surface area contributed by atoms with E-state index in [9.17, 15) is 9.90 Å². The second-order valence-electron chi connectivity index (χ2n) is 8.34.